The first-order chi connectivity index (χ1) is 8.63. The molecule has 100 valence electrons. The molecule has 2 rings (SSSR count). The topological polar surface area (TPSA) is 79.2 Å². The highest BCUT2D eigenvalue weighted by molar-refractivity contribution is 7.59. The maximum atomic E-state index is 9.99. The fourth-order valence-electron chi connectivity index (χ4n) is 1.86. The Kier molecular flexibility index (Phi) is 4.47. The lowest BCUT2D eigenvalue weighted by Gasteiger charge is -2.25. The van der Waals surface area contributed by atoms with E-state index in [1.807, 2.05) is 6.07 Å². The molecule has 0 spiro atoms. The van der Waals surface area contributed by atoms with E-state index < -0.39 is 36.5 Å². The van der Waals surface area contributed by atoms with Gasteiger partial charge >= 0.3 is 0 Å². The van der Waals surface area contributed by atoms with Gasteiger partial charge in [-0.15, -0.1) is 0 Å². The highest BCUT2D eigenvalue weighted by atomic mass is 32.1. The number of rotatable bonds is 4. The number of aliphatic hydroxyl groups excluding tert-OH is 3. The van der Waals surface area contributed by atoms with E-state index in [-0.39, 0.29) is 0 Å². The molecule has 6 heteroatoms. The highest BCUT2D eigenvalue weighted by Gasteiger charge is 2.42. The number of benzene rings is 1. The Morgan fingerprint density at radius 1 is 1.33 bits per heavy atom. The molecule has 5 nitrogen and oxygen atoms in total. The minimum atomic E-state index is -1.17. The van der Waals surface area contributed by atoms with Gasteiger partial charge in [0, 0.05) is 0 Å². The van der Waals surface area contributed by atoms with Crippen LogP contribution >= 0.6 is 0 Å². The molecule has 1 aliphatic rings. The maximum Gasteiger partial charge on any atom is 0.131 e. The molecule has 5 atom stereocenters. The summed E-state index contributed by atoms with van der Waals surface area (Å²) in [5.41, 5.74) is -0.772. The van der Waals surface area contributed by atoms with Crippen LogP contribution in [0.3, 0.4) is 0 Å². The minimum Gasteiger partial charge on any atom is -0.757 e. The lowest BCUT2D eigenvalue weighted by Crippen LogP contribution is -2.42. The summed E-state index contributed by atoms with van der Waals surface area (Å²) in [5, 5.41) is 28.3. The van der Waals surface area contributed by atoms with Crippen molar-refractivity contribution < 1.29 is 24.8 Å². The zero-order valence-corrected chi connectivity index (χ0v) is 10.4. The number of para-hydroxylation sites is 1. The maximum absolute atomic E-state index is 9.99. The number of hydrogen-bond donors (Lipinski definition) is 3. The third-order valence-electron chi connectivity index (χ3n) is 2.81. The Balaban J connectivity index is 2.05. The van der Waals surface area contributed by atoms with E-state index >= 15 is 0 Å². The van der Waals surface area contributed by atoms with Gasteiger partial charge in [0.1, 0.15) is 30.2 Å². The number of hydrogen-bond acceptors (Lipinski definition) is 6. The second-order valence-electron chi connectivity index (χ2n) is 4.11. The van der Waals surface area contributed by atoms with Crippen molar-refractivity contribution in [3.05, 3.63) is 30.3 Å². The summed E-state index contributed by atoms with van der Waals surface area (Å²) in [4.78, 5) is 0. The van der Waals surface area contributed by atoms with Crippen molar-refractivity contribution in [2.24, 2.45) is 0 Å². The van der Waals surface area contributed by atoms with Crippen LogP contribution in [0.25, 0.3) is 0 Å². The molecule has 0 aliphatic carbocycles. The molecular formula is C12H15O5S-. The fraction of sp³-hybridized carbons (Fsp3) is 0.500. The van der Waals surface area contributed by atoms with E-state index in [9.17, 15) is 10.2 Å². The first-order valence-electron chi connectivity index (χ1n) is 5.63. The van der Waals surface area contributed by atoms with Crippen molar-refractivity contribution >= 4 is 12.6 Å². The summed E-state index contributed by atoms with van der Waals surface area (Å²) in [6.45, 7) is -0.498. The van der Waals surface area contributed by atoms with Gasteiger partial charge in [-0.3, -0.25) is 0 Å². The van der Waals surface area contributed by atoms with Gasteiger partial charge in [-0.1, -0.05) is 18.2 Å². The fourth-order valence-corrected chi connectivity index (χ4v) is 2.21. The second-order valence-corrected chi connectivity index (χ2v) is 4.57. The molecule has 3 N–H and O–H groups in total. The first kappa shape index (κ1) is 13.6. The normalized spacial score (nSPS) is 33.3. The van der Waals surface area contributed by atoms with Gasteiger partial charge in [0.15, 0.2) is 0 Å². The Morgan fingerprint density at radius 2 is 2.00 bits per heavy atom. The average Bonchev–Trinajstić information content (AvgIpc) is 2.67. The zero-order valence-electron chi connectivity index (χ0n) is 9.55. The molecule has 0 unspecified atom stereocenters. The average molecular weight is 271 g/mol. The zero-order chi connectivity index (χ0) is 13.1. The Labute approximate surface area is 110 Å². The smallest absolute Gasteiger partial charge is 0.131 e. The number of ether oxygens (including phenoxy) is 2. The van der Waals surface area contributed by atoms with E-state index in [2.05, 4.69) is 0 Å². The lowest BCUT2D eigenvalue weighted by atomic mass is 10.1. The summed E-state index contributed by atoms with van der Waals surface area (Å²) < 4.78 is 10.8. The van der Waals surface area contributed by atoms with Crippen LogP contribution < -0.4 is 4.74 Å². The van der Waals surface area contributed by atoms with Gasteiger partial charge in [0.2, 0.25) is 0 Å². The summed E-state index contributed by atoms with van der Waals surface area (Å²) in [5.74, 6) is 0.569. The second kappa shape index (κ2) is 5.90. The van der Waals surface area contributed by atoms with Gasteiger partial charge in [0.25, 0.3) is 0 Å². The summed E-state index contributed by atoms with van der Waals surface area (Å²) >= 11 is 5.04. The first-order valence-corrected chi connectivity index (χ1v) is 6.10. The Hall–Kier alpha value is -0.790. The molecule has 0 saturated carbocycles. The van der Waals surface area contributed by atoms with Crippen LogP contribution in [0.4, 0.5) is 0 Å². The van der Waals surface area contributed by atoms with E-state index in [0.717, 1.165) is 0 Å². The summed E-state index contributed by atoms with van der Waals surface area (Å²) in [6, 6.07) is 8.93. The molecule has 1 fully saturated rings. The van der Waals surface area contributed by atoms with Gasteiger partial charge in [-0.05, 0) is 17.6 Å². The van der Waals surface area contributed by atoms with Gasteiger partial charge < -0.3 is 37.4 Å². The van der Waals surface area contributed by atoms with E-state index in [0.29, 0.717) is 5.75 Å². The molecule has 1 heterocycles. The third-order valence-corrected chi connectivity index (χ3v) is 3.19. The van der Waals surface area contributed by atoms with Gasteiger partial charge in [-0.25, -0.2) is 0 Å². The molecule has 0 amide bonds. The molecule has 0 radical (unpaired) electrons. The van der Waals surface area contributed by atoms with Gasteiger partial charge in [0.05, 0.1) is 6.61 Å². The summed E-state index contributed by atoms with van der Waals surface area (Å²) in [7, 11) is 0. The Bertz CT molecular complexity index is 374. The molecular weight excluding hydrogens is 256 g/mol. The van der Waals surface area contributed by atoms with Crippen LogP contribution in [0.5, 0.6) is 5.75 Å². The Morgan fingerprint density at radius 3 is 2.61 bits per heavy atom. The third kappa shape index (κ3) is 2.78. The van der Waals surface area contributed by atoms with Crippen LogP contribution in [0.2, 0.25) is 0 Å². The van der Waals surface area contributed by atoms with Crippen molar-refractivity contribution in [1.29, 1.82) is 0 Å². The largest absolute Gasteiger partial charge is 0.757 e. The molecule has 1 saturated heterocycles. The molecule has 0 bridgehead atoms. The van der Waals surface area contributed by atoms with Crippen molar-refractivity contribution in [2.75, 3.05) is 6.61 Å². The van der Waals surface area contributed by atoms with Crippen molar-refractivity contribution in [2.45, 2.75) is 29.9 Å². The quantitative estimate of drug-likeness (QED) is 0.636. The monoisotopic (exact) mass is 271 g/mol. The van der Waals surface area contributed by atoms with Gasteiger partial charge in [-0.2, -0.15) is 0 Å². The van der Waals surface area contributed by atoms with Crippen LogP contribution in [0, 0.1) is 0 Å². The summed E-state index contributed by atoms with van der Waals surface area (Å²) in [6.07, 6.45) is -3.91. The van der Waals surface area contributed by atoms with Crippen molar-refractivity contribution in [3.63, 3.8) is 0 Å². The predicted molar refractivity (Wildman–Crippen MR) is 66.0 cm³/mol. The predicted octanol–water partition coefficient (Wildman–Crippen LogP) is -0.580. The SMILES string of the molecule is OC[C@@H](O)[C@H]1O[C@H]([S-])[C@H](Oc2ccccc2)[C@H]1O. The molecule has 0 aromatic heterocycles. The molecule has 1 aliphatic heterocycles. The highest BCUT2D eigenvalue weighted by Crippen LogP contribution is 2.27. The lowest BCUT2D eigenvalue weighted by molar-refractivity contribution is -0.0707. The van der Waals surface area contributed by atoms with Crippen LogP contribution in [0.15, 0.2) is 30.3 Å². The van der Waals surface area contributed by atoms with Crippen molar-refractivity contribution in [3.8, 4) is 5.75 Å². The van der Waals surface area contributed by atoms with E-state index in [1.165, 1.54) is 0 Å². The standard InChI is InChI=1S/C12H16O5S/c13-6-8(14)10-9(15)11(12(18)17-10)16-7-4-2-1-3-5-7/h1-5,8-15,18H,6H2/p-1/t8-,9+,10-,11-,12-/m1/s1. The van der Waals surface area contributed by atoms with Crippen LogP contribution in [-0.2, 0) is 17.4 Å². The molecule has 1 aromatic carbocycles. The van der Waals surface area contributed by atoms with Crippen LogP contribution in [-0.4, -0.2) is 51.8 Å². The van der Waals surface area contributed by atoms with Crippen LogP contribution in [0.1, 0.15) is 0 Å². The minimum absolute atomic E-state index is 0.498. The number of aliphatic hydroxyl groups is 3. The molecule has 18 heavy (non-hydrogen) atoms. The van der Waals surface area contributed by atoms with E-state index in [1.54, 1.807) is 24.3 Å². The van der Waals surface area contributed by atoms with Crippen molar-refractivity contribution in [1.82, 2.24) is 0 Å². The molecule has 1 aromatic rings. The van der Waals surface area contributed by atoms with E-state index in [4.69, 9.17) is 27.2 Å².